The summed E-state index contributed by atoms with van der Waals surface area (Å²) in [4.78, 5) is 0. The van der Waals surface area contributed by atoms with Crippen molar-refractivity contribution >= 4 is 5.69 Å². The third-order valence-electron chi connectivity index (χ3n) is 2.11. The zero-order chi connectivity index (χ0) is 10.8. The first-order valence-corrected chi connectivity index (χ1v) is 4.53. The van der Waals surface area contributed by atoms with Gasteiger partial charge in [0.1, 0.15) is 5.75 Å². The second-order valence-electron chi connectivity index (χ2n) is 4.05. The molecule has 0 fully saturated rings. The SMILES string of the molecule is COc1ccc(OC)c([N+](C)(C)C)c1. The van der Waals surface area contributed by atoms with Gasteiger partial charge in [0.25, 0.3) is 0 Å². The van der Waals surface area contributed by atoms with Crippen LogP contribution in [0.2, 0.25) is 0 Å². The van der Waals surface area contributed by atoms with Crippen LogP contribution in [0.15, 0.2) is 18.2 Å². The topological polar surface area (TPSA) is 18.5 Å². The molecule has 0 atom stereocenters. The molecule has 1 aromatic rings. The number of quaternary nitrogens is 1. The van der Waals surface area contributed by atoms with Crippen LogP contribution in [-0.2, 0) is 0 Å². The average Bonchev–Trinajstić information content (AvgIpc) is 2.15. The zero-order valence-corrected chi connectivity index (χ0v) is 9.50. The van der Waals surface area contributed by atoms with Crippen LogP contribution in [0.25, 0.3) is 0 Å². The molecule has 0 unspecified atom stereocenters. The van der Waals surface area contributed by atoms with E-state index < -0.39 is 0 Å². The highest BCUT2D eigenvalue weighted by molar-refractivity contribution is 5.58. The lowest BCUT2D eigenvalue weighted by Gasteiger charge is -2.25. The van der Waals surface area contributed by atoms with Gasteiger partial charge < -0.3 is 9.47 Å². The van der Waals surface area contributed by atoms with E-state index in [1.54, 1.807) is 14.2 Å². The molecule has 0 heterocycles. The van der Waals surface area contributed by atoms with Gasteiger partial charge in [0.05, 0.1) is 35.4 Å². The van der Waals surface area contributed by atoms with Crippen LogP contribution in [-0.4, -0.2) is 35.4 Å². The molecule has 0 aromatic heterocycles. The summed E-state index contributed by atoms with van der Waals surface area (Å²) in [6.07, 6.45) is 0. The van der Waals surface area contributed by atoms with E-state index in [0.717, 1.165) is 17.2 Å². The Morgan fingerprint density at radius 2 is 1.64 bits per heavy atom. The van der Waals surface area contributed by atoms with Crippen molar-refractivity contribution in [1.29, 1.82) is 0 Å². The van der Waals surface area contributed by atoms with Crippen molar-refractivity contribution in [2.24, 2.45) is 0 Å². The molecule has 0 radical (unpaired) electrons. The van der Waals surface area contributed by atoms with Crippen LogP contribution in [0.3, 0.4) is 0 Å². The van der Waals surface area contributed by atoms with Crippen molar-refractivity contribution in [1.82, 2.24) is 4.48 Å². The van der Waals surface area contributed by atoms with Gasteiger partial charge in [0, 0.05) is 6.07 Å². The number of ether oxygens (including phenoxy) is 2. The molecule has 0 saturated carbocycles. The van der Waals surface area contributed by atoms with Gasteiger partial charge in [-0.05, 0) is 12.1 Å². The number of hydrogen-bond donors (Lipinski definition) is 0. The molecule has 0 spiro atoms. The average molecular weight is 196 g/mol. The fourth-order valence-corrected chi connectivity index (χ4v) is 1.32. The normalized spacial score (nSPS) is 11.2. The highest BCUT2D eigenvalue weighted by atomic mass is 16.5. The van der Waals surface area contributed by atoms with Gasteiger partial charge in [0.2, 0.25) is 0 Å². The van der Waals surface area contributed by atoms with Gasteiger partial charge in [-0.25, -0.2) is 0 Å². The standard InChI is InChI=1S/C11H18NO2/c1-12(2,3)10-8-9(13-4)6-7-11(10)14-5/h6-8H,1-5H3/q+1. The van der Waals surface area contributed by atoms with E-state index >= 15 is 0 Å². The fraction of sp³-hybridized carbons (Fsp3) is 0.455. The lowest BCUT2D eigenvalue weighted by Crippen LogP contribution is -2.35. The first-order valence-electron chi connectivity index (χ1n) is 4.53. The van der Waals surface area contributed by atoms with E-state index in [0.29, 0.717) is 4.48 Å². The Hall–Kier alpha value is -1.22. The maximum Gasteiger partial charge on any atom is 0.179 e. The molecule has 0 N–H and O–H groups in total. The first-order chi connectivity index (χ1) is 6.49. The lowest BCUT2D eigenvalue weighted by molar-refractivity contribution is 0.382. The van der Waals surface area contributed by atoms with E-state index in [1.165, 1.54) is 0 Å². The van der Waals surface area contributed by atoms with Gasteiger partial charge in [-0.1, -0.05) is 0 Å². The molecule has 0 amide bonds. The Labute approximate surface area is 85.5 Å². The molecular weight excluding hydrogens is 178 g/mol. The fourth-order valence-electron chi connectivity index (χ4n) is 1.32. The van der Waals surface area contributed by atoms with Crippen molar-refractivity contribution < 1.29 is 9.47 Å². The van der Waals surface area contributed by atoms with Crippen LogP contribution in [0.4, 0.5) is 5.69 Å². The monoisotopic (exact) mass is 196 g/mol. The second kappa shape index (κ2) is 3.88. The van der Waals surface area contributed by atoms with Crippen molar-refractivity contribution in [3.8, 4) is 11.5 Å². The molecular formula is C11H18NO2+. The Morgan fingerprint density at radius 3 is 2.07 bits per heavy atom. The van der Waals surface area contributed by atoms with E-state index in [1.807, 2.05) is 18.2 Å². The predicted molar refractivity (Wildman–Crippen MR) is 59.1 cm³/mol. The van der Waals surface area contributed by atoms with Crippen LogP contribution in [0.5, 0.6) is 11.5 Å². The van der Waals surface area contributed by atoms with Gasteiger partial charge in [0.15, 0.2) is 11.4 Å². The number of rotatable bonds is 3. The molecule has 0 aliphatic carbocycles. The number of hydrogen-bond acceptors (Lipinski definition) is 2. The highest BCUT2D eigenvalue weighted by Crippen LogP contribution is 2.33. The summed E-state index contributed by atoms with van der Waals surface area (Å²) in [5.41, 5.74) is 1.10. The van der Waals surface area contributed by atoms with E-state index in [4.69, 9.17) is 9.47 Å². The summed E-state index contributed by atoms with van der Waals surface area (Å²) in [6.45, 7) is 0. The molecule has 78 valence electrons. The minimum absolute atomic E-state index is 0.709. The van der Waals surface area contributed by atoms with Crippen LogP contribution in [0, 0.1) is 0 Å². The molecule has 1 rings (SSSR count). The van der Waals surface area contributed by atoms with Crippen molar-refractivity contribution in [3.63, 3.8) is 0 Å². The van der Waals surface area contributed by atoms with Crippen LogP contribution < -0.4 is 14.0 Å². The molecule has 0 saturated heterocycles. The van der Waals surface area contributed by atoms with Crippen molar-refractivity contribution in [2.45, 2.75) is 0 Å². The molecule has 3 heteroatoms. The Kier molecular flexibility index (Phi) is 3.01. The molecule has 0 aliphatic rings. The minimum atomic E-state index is 0.709. The predicted octanol–water partition coefficient (Wildman–Crippen LogP) is 1.90. The highest BCUT2D eigenvalue weighted by Gasteiger charge is 2.19. The molecule has 0 bridgehead atoms. The number of benzene rings is 1. The Bertz CT molecular complexity index is 316. The summed E-state index contributed by atoms with van der Waals surface area (Å²) in [5, 5.41) is 0. The first kappa shape index (κ1) is 10.9. The molecule has 14 heavy (non-hydrogen) atoms. The largest absolute Gasteiger partial charge is 0.497 e. The van der Waals surface area contributed by atoms with E-state index in [-0.39, 0.29) is 0 Å². The zero-order valence-electron chi connectivity index (χ0n) is 9.50. The third kappa shape index (κ3) is 2.17. The maximum absolute atomic E-state index is 5.30. The summed E-state index contributed by atoms with van der Waals surface area (Å²) in [5.74, 6) is 1.74. The van der Waals surface area contributed by atoms with Crippen molar-refractivity contribution in [2.75, 3.05) is 35.4 Å². The Balaban J connectivity index is 3.22. The molecule has 1 aromatic carbocycles. The van der Waals surface area contributed by atoms with E-state index in [2.05, 4.69) is 21.1 Å². The van der Waals surface area contributed by atoms with Gasteiger partial charge >= 0.3 is 0 Å². The number of methoxy groups -OCH3 is 2. The second-order valence-corrected chi connectivity index (χ2v) is 4.05. The van der Waals surface area contributed by atoms with Gasteiger partial charge in [-0.15, -0.1) is 0 Å². The summed E-state index contributed by atoms with van der Waals surface area (Å²) < 4.78 is 11.2. The van der Waals surface area contributed by atoms with Crippen LogP contribution in [0.1, 0.15) is 0 Å². The summed E-state index contributed by atoms with van der Waals surface area (Å²) >= 11 is 0. The maximum atomic E-state index is 5.30. The van der Waals surface area contributed by atoms with Gasteiger partial charge in [-0.2, -0.15) is 0 Å². The summed E-state index contributed by atoms with van der Waals surface area (Å²) in [7, 11) is 9.63. The van der Waals surface area contributed by atoms with Crippen molar-refractivity contribution in [3.05, 3.63) is 18.2 Å². The molecule has 3 nitrogen and oxygen atoms in total. The third-order valence-corrected chi connectivity index (χ3v) is 2.11. The smallest absolute Gasteiger partial charge is 0.179 e. The minimum Gasteiger partial charge on any atom is -0.497 e. The van der Waals surface area contributed by atoms with E-state index in [9.17, 15) is 0 Å². The summed E-state index contributed by atoms with van der Waals surface area (Å²) in [6, 6.07) is 5.83. The number of nitrogens with zero attached hydrogens (tertiary/aromatic N) is 1. The molecule has 0 aliphatic heterocycles. The lowest BCUT2D eigenvalue weighted by atomic mass is 10.2. The van der Waals surface area contributed by atoms with Gasteiger partial charge in [-0.3, -0.25) is 4.48 Å². The quantitative estimate of drug-likeness (QED) is 0.687. The van der Waals surface area contributed by atoms with Crippen LogP contribution >= 0.6 is 0 Å². The Morgan fingerprint density at radius 1 is 1.00 bits per heavy atom.